The van der Waals surface area contributed by atoms with Crippen molar-refractivity contribution in [3.63, 3.8) is 0 Å². The number of allylic oxidation sites excluding steroid dienone is 2. The maximum absolute atomic E-state index is 12.2. The summed E-state index contributed by atoms with van der Waals surface area (Å²) in [6.07, 6.45) is 14.7. The van der Waals surface area contributed by atoms with E-state index in [1.54, 1.807) is 6.92 Å². The van der Waals surface area contributed by atoms with Crippen LogP contribution in [0, 0.1) is 28.6 Å². The molecular formula is C27H38N2O2. The molecule has 0 radical (unpaired) electrons. The molecule has 4 nitrogen and oxygen atoms in total. The minimum atomic E-state index is 0.230. The molecule has 1 saturated heterocycles. The van der Waals surface area contributed by atoms with Gasteiger partial charge in [0.1, 0.15) is 5.75 Å². The van der Waals surface area contributed by atoms with E-state index in [0.717, 1.165) is 37.2 Å². The molecule has 5 rings (SSSR count). The molecule has 0 N–H and O–H groups in total. The molecule has 168 valence electrons. The third kappa shape index (κ3) is 3.15. The number of hydrogen-bond acceptors (Lipinski definition) is 3. The summed E-state index contributed by atoms with van der Waals surface area (Å²) in [4.78, 5) is 18.9. The van der Waals surface area contributed by atoms with Crippen LogP contribution in [0.1, 0.15) is 78.2 Å². The van der Waals surface area contributed by atoms with Crippen LogP contribution in [0.2, 0.25) is 0 Å². The monoisotopic (exact) mass is 422 g/mol. The summed E-state index contributed by atoms with van der Waals surface area (Å²) in [5.74, 6) is 3.40. The second kappa shape index (κ2) is 7.64. The molecule has 2 heterocycles. The lowest BCUT2D eigenvalue weighted by Gasteiger charge is -2.57. The van der Waals surface area contributed by atoms with Gasteiger partial charge in [0, 0.05) is 25.7 Å². The first-order valence-corrected chi connectivity index (χ1v) is 12.4. The van der Waals surface area contributed by atoms with Gasteiger partial charge in [-0.05, 0) is 90.7 Å². The molecule has 3 fully saturated rings. The number of carbonyl (C=O) groups excluding carboxylic acids is 1. The van der Waals surface area contributed by atoms with Crippen LogP contribution in [-0.2, 0) is 4.79 Å². The summed E-state index contributed by atoms with van der Waals surface area (Å²) in [7, 11) is 0. The minimum absolute atomic E-state index is 0.230. The van der Waals surface area contributed by atoms with Crippen LogP contribution in [0.4, 0.5) is 0 Å². The van der Waals surface area contributed by atoms with Crippen LogP contribution in [-0.4, -0.2) is 35.0 Å². The number of likely N-dealkylation sites (tertiary alicyclic amines) is 1. The lowest BCUT2D eigenvalue weighted by Crippen LogP contribution is -2.54. The number of aromatic nitrogens is 1. The number of pyridine rings is 1. The molecule has 2 saturated carbocycles. The number of carbonyl (C=O) groups is 1. The van der Waals surface area contributed by atoms with E-state index in [4.69, 9.17) is 4.74 Å². The average Bonchev–Trinajstić information content (AvgIpc) is 3.29. The van der Waals surface area contributed by atoms with Crippen molar-refractivity contribution in [2.75, 3.05) is 13.2 Å². The SMILES string of the molecule is CCCOc1cncc(C2=CC[C@H]3C4CCC5N(C(C)=O)CCC5(C)C4CCC23C)c1. The normalized spacial score (nSPS) is 38.8. The highest BCUT2D eigenvalue weighted by Crippen LogP contribution is 2.66. The number of rotatable bonds is 4. The summed E-state index contributed by atoms with van der Waals surface area (Å²) in [6, 6.07) is 2.66. The number of hydrogen-bond donors (Lipinski definition) is 0. The lowest BCUT2D eigenvalue weighted by atomic mass is 9.48. The fraction of sp³-hybridized carbons (Fsp3) is 0.704. The largest absolute Gasteiger partial charge is 0.492 e. The molecule has 3 aliphatic carbocycles. The highest BCUT2D eigenvalue weighted by Gasteiger charge is 2.60. The predicted octanol–water partition coefficient (Wildman–Crippen LogP) is 5.73. The van der Waals surface area contributed by atoms with E-state index in [-0.39, 0.29) is 11.3 Å². The molecule has 31 heavy (non-hydrogen) atoms. The summed E-state index contributed by atoms with van der Waals surface area (Å²) in [5, 5.41) is 0. The van der Waals surface area contributed by atoms with Gasteiger partial charge in [0.2, 0.25) is 5.91 Å². The number of ether oxygens (including phenoxy) is 1. The predicted molar refractivity (Wildman–Crippen MR) is 124 cm³/mol. The summed E-state index contributed by atoms with van der Waals surface area (Å²) in [5.41, 5.74) is 3.28. The molecule has 1 aromatic rings. The molecule has 1 aromatic heterocycles. The van der Waals surface area contributed by atoms with Crippen LogP contribution in [0.25, 0.3) is 5.57 Å². The quantitative estimate of drug-likeness (QED) is 0.622. The second-order valence-corrected chi connectivity index (χ2v) is 11.0. The van der Waals surface area contributed by atoms with Crippen LogP contribution in [0.15, 0.2) is 24.5 Å². The van der Waals surface area contributed by atoms with Crippen molar-refractivity contribution in [2.24, 2.45) is 28.6 Å². The smallest absolute Gasteiger partial charge is 0.219 e. The standard InChI is InChI=1S/C27H38N2O2/c1-5-14-31-20-15-19(16-28-17-20)22-7-8-23-21-6-9-25-27(4,12-13-29(25)18(2)30)24(21)10-11-26(22,23)3/h7,15-17,21,23-25H,5-6,8-14H2,1-4H3/t21?,23-,24?,25?,26?,27?/m0/s1. The molecular weight excluding hydrogens is 384 g/mol. The first-order valence-electron chi connectivity index (χ1n) is 12.4. The maximum atomic E-state index is 12.2. The number of amides is 1. The zero-order valence-corrected chi connectivity index (χ0v) is 19.7. The highest BCUT2D eigenvalue weighted by molar-refractivity contribution is 5.74. The average molecular weight is 423 g/mol. The molecule has 0 bridgehead atoms. The van der Waals surface area contributed by atoms with Gasteiger partial charge >= 0.3 is 0 Å². The van der Waals surface area contributed by atoms with E-state index in [2.05, 4.69) is 42.8 Å². The van der Waals surface area contributed by atoms with Gasteiger partial charge in [-0.2, -0.15) is 0 Å². The third-order valence-electron chi connectivity index (χ3n) is 9.57. The van der Waals surface area contributed by atoms with Crippen molar-refractivity contribution in [2.45, 2.75) is 78.7 Å². The Balaban J connectivity index is 1.39. The van der Waals surface area contributed by atoms with Crippen molar-refractivity contribution in [3.05, 3.63) is 30.1 Å². The molecule has 6 atom stereocenters. The van der Waals surface area contributed by atoms with Crippen molar-refractivity contribution < 1.29 is 9.53 Å². The zero-order valence-electron chi connectivity index (χ0n) is 19.7. The van der Waals surface area contributed by atoms with Crippen molar-refractivity contribution in [3.8, 4) is 5.75 Å². The Kier molecular flexibility index (Phi) is 5.18. The summed E-state index contributed by atoms with van der Waals surface area (Å²) < 4.78 is 5.88. The van der Waals surface area contributed by atoms with Gasteiger partial charge in [-0.25, -0.2) is 0 Å². The fourth-order valence-electron chi connectivity index (χ4n) is 8.07. The molecule has 5 unspecified atom stereocenters. The molecule has 1 amide bonds. The van der Waals surface area contributed by atoms with Gasteiger partial charge in [-0.15, -0.1) is 0 Å². The number of nitrogens with zero attached hydrogens (tertiary/aromatic N) is 2. The lowest BCUT2D eigenvalue weighted by molar-refractivity contribution is -0.134. The van der Waals surface area contributed by atoms with E-state index < -0.39 is 0 Å². The Hall–Kier alpha value is -1.84. The Labute approximate surface area is 187 Å². The van der Waals surface area contributed by atoms with Gasteiger partial charge in [-0.3, -0.25) is 9.78 Å². The zero-order chi connectivity index (χ0) is 21.8. The summed E-state index contributed by atoms with van der Waals surface area (Å²) >= 11 is 0. The van der Waals surface area contributed by atoms with Crippen molar-refractivity contribution in [1.82, 2.24) is 9.88 Å². The summed E-state index contributed by atoms with van der Waals surface area (Å²) in [6.45, 7) is 10.6. The Morgan fingerprint density at radius 3 is 2.81 bits per heavy atom. The molecule has 4 aliphatic rings. The van der Waals surface area contributed by atoms with Crippen LogP contribution in [0.5, 0.6) is 5.75 Å². The Morgan fingerprint density at radius 1 is 1.19 bits per heavy atom. The third-order valence-corrected chi connectivity index (χ3v) is 9.57. The molecule has 0 aromatic carbocycles. The van der Waals surface area contributed by atoms with E-state index >= 15 is 0 Å². The van der Waals surface area contributed by atoms with E-state index in [0.29, 0.717) is 17.4 Å². The topological polar surface area (TPSA) is 42.4 Å². The molecule has 0 spiro atoms. The Morgan fingerprint density at radius 2 is 2.03 bits per heavy atom. The van der Waals surface area contributed by atoms with Crippen LogP contribution >= 0.6 is 0 Å². The van der Waals surface area contributed by atoms with E-state index in [9.17, 15) is 4.79 Å². The second-order valence-electron chi connectivity index (χ2n) is 11.0. The molecule has 1 aliphatic heterocycles. The van der Waals surface area contributed by atoms with Crippen LogP contribution < -0.4 is 4.74 Å². The fourth-order valence-corrected chi connectivity index (χ4v) is 8.07. The molecule has 4 heteroatoms. The highest BCUT2D eigenvalue weighted by atomic mass is 16.5. The van der Waals surface area contributed by atoms with E-state index in [1.807, 2.05) is 12.4 Å². The van der Waals surface area contributed by atoms with Crippen LogP contribution in [0.3, 0.4) is 0 Å². The Bertz CT molecular complexity index is 895. The first-order chi connectivity index (χ1) is 14.9. The minimum Gasteiger partial charge on any atom is -0.492 e. The van der Waals surface area contributed by atoms with Gasteiger partial charge in [0.25, 0.3) is 0 Å². The van der Waals surface area contributed by atoms with Crippen molar-refractivity contribution >= 4 is 11.5 Å². The van der Waals surface area contributed by atoms with Gasteiger partial charge in [0.15, 0.2) is 0 Å². The maximum Gasteiger partial charge on any atom is 0.219 e. The van der Waals surface area contributed by atoms with Gasteiger partial charge in [0.05, 0.1) is 12.8 Å². The van der Waals surface area contributed by atoms with Gasteiger partial charge < -0.3 is 9.64 Å². The van der Waals surface area contributed by atoms with Crippen molar-refractivity contribution in [1.29, 1.82) is 0 Å². The van der Waals surface area contributed by atoms with Gasteiger partial charge in [-0.1, -0.05) is 26.8 Å². The first kappa shape index (κ1) is 21.0. The van der Waals surface area contributed by atoms with E-state index in [1.165, 1.54) is 49.7 Å². The number of fused-ring (bicyclic) bond motifs is 5.